The van der Waals surface area contributed by atoms with E-state index in [2.05, 4.69) is 15.6 Å². The highest BCUT2D eigenvalue weighted by atomic mass is 35.5. The van der Waals surface area contributed by atoms with E-state index in [1.165, 1.54) is 0 Å². The fourth-order valence-corrected chi connectivity index (χ4v) is 5.70. The molecule has 6 nitrogen and oxygen atoms in total. The first-order valence-electron chi connectivity index (χ1n) is 10.8. The third kappa shape index (κ3) is 3.80. The van der Waals surface area contributed by atoms with Crippen molar-refractivity contribution in [2.24, 2.45) is 5.92 Å². The Hall–Kier alpha value is -2.75. The number of nitrogens with zero attached hydrogens (tertiary/aromatic N) is 4. The SMILES string of the molecule is N#Cc1ccc2ncn(CC[C@H]3CCC[C@]4(C3)CN(c3c(Cl)cccc3Cl)C(=O)O4)c2c1. The molecule has 1 aliphatic carbocycles. The predicted octanol–water partition coefficient (Wildman–Crippen LogP) is 6.19. The number of benzene rings is 2. The predicted molar refractivity (Wildman–Crippen MR) is 124 cm³/mol. The first-order chi connectivity index (χ1) is 15.5. The molecule has 5 rings (SSSR count). The Morgan fingerprint density at radius 3 is 2.84 bits per heavy atom. The van der Waals surface area contributed by atoms with E-state index in [4.69, 9.17) is 27.9 Å². The summed E-state index contributed by atoms with van der Waals surface area (Å²) in [4.78, 5) is 18.8. The molecular formula is C24H22Cl2N4O2. The van der Waals surface area contributed by atoms with E-state index in [0.29, 0.717) is 33.8 Å². The maximum absolute atomic E-state index is 12.8. The standard InChI is InChI=1S/C24H22Cl2N4O2/c25-18-4-1-5-19(26)22(18)30-14-24(32-23(30)31)9-2-3-16(12-24)8-10-29-15-28-20-7-6-17(13-27)11-21(20)29/h1,4-7,11,15-16H,2-3,8-10,12,14H2/t16-,24+/m1/s1. The van der Waals surface area contributed by atoms with Crippen LogP contribution in [-0.2, 0) is 11.3 Å². The number of carbonyl (C=O) groups is 1. The summed E-state index contributed by atoms with van der Waals surface area (Å²) in [6.07, 6.45) is 6.16. The quantitative estimate of drug-likeness (QED) is 0.457. The topological polar surface area (TPSA) is 71.2 Å². The molecular weight excluding hydrogens is 447 g/mol. The fourth-order valence-electron chi connectivity index (χ4n) is 5.09. The summed E-state index contributed by atoms with van der Waals surface area (Å²) in [5.41, 5.74) is 2.51. The van der Waals surface area contributed by atoms with E-state index in [1.807, 2.05) is 18.5 Å². The molecule has 0 bridgehead atoms. The number of rotatable bonds is 4. The number of anilines is 1. The number of amides is 1. The molecule has 1 saturated carbocycles. The second kappa shape index (κ2) is 8.31. The minimum Gasteiger partial charge on any atom is -0.441 e. The minimum atomic E-state index is -0.506. The van der Waals surface area contributed by atoms with Crippen LogP contribution in [0.4, 0.5) is 10.5 Å². The molecule has 2 fully saturated rings. The lowest BCUT2D eigenvalue weighted by atomic mass is 9.76. The Balaban J connectivity index is 1.30. The summed E-state index contributed by atoms with van der Waals surface area (Å²) in [6, 6.07) is 13.0. The molecule has 8 heteroatoms. The Kier molecular flexibility index (Phi) is 5.48. The lowest BCUT2D eigenvalue weighted by molar-refractivity contribution is 0.00508. The van der Waals surface area contributed by atoms with Gasteiger partial charge in [0.15, 0.2) is 0 Å². The highest BCUT2D eigenvalue weighted by Crippen LogP contribution is 2.45. The zero-order chi connectivity index (χ0) is 22.3. The highest BCUT2D eigenvalue weighted by Gasteiger charge is 2.49. The minimum absolute atomic E-state index is 0.384. The second-order valence-corrected chi connectivity index (χ2v) is 9.53. The van der Waals surface area contributed by atoms with Gasteiger partial charge in [-0.3, -0.25) is 4.90 Å². The zero-order valence-corrected chi connectivity index (χ0v) is 18.9. The number of para-hydroxylation sites is 1. The number of halogens is 2. The van der Waals surface area contributed by atoms with Crippen LogP contribution in [0.15, 0.2) is 42.7 Å². The highest BCUT2D eigenvalue weighted by molar-refractivity contribution is 6.39. The summed E-state index contributed by atoms with van der Waals surface area (Å²) in [7, 11) is 0. The van der Waals surface area contributed by atoms with E-state index >= 15 is 0 Å². The number of fused-ring (bicyclic) bond motifs is 1. The van der Waals surface area contributed by atoms with Crippen LogP contribution < -0.4 is 4.90 Å². The second-order valence-electron chi connectivity index (χ2n) is 8.71. The van der Waals surface area contributed by atoms with Gasteiger partial charge < -0.3 is 9.30 Å². The van der Waals surface area contributed by atoms with Crippen molar-refractivity contribution in [3.63, 3.8) is 0 Å². The largest absolute Gasteiger partial charge is 0.441 e. The number of aryl methyl sites for hydroxylation is 1. The van der Waals surface area contributed by atoms with Gasteiger partial charge in [-0.15, -0.1) is 0 Å². The lowest BCUT2D eigenvalue weighted by Crippen LogP contribution is -2.40. The van der Waals surface area contributed by atoms with Crippen molar-refractivity contribution in [1.82, 2.24) is 9.55 Å². The molecule has 2 aromatic carbocycles. The van der Waals surface area contributed by atoms with Crippen LogP contribution in [0.5, 0.6) is 0 Å². The molecule has 2 heterocycles. The number of hydrogen-bond acceptors (Lipinski definition) is 4. The van der Waals surface area contributed by atoms with Gasteiger partial charge in [0, 0.05) is 6.54 Å². The first kappa shape index (κ1) is 21.1. The van der Waals surface area contributed by atoms with Crippen molar-refractivity contribution in [3.8, 4) is 6.07 Å². The average Bonchev–Trinajstić information content (AvgIpc) is 3.32. The van der Waals surface area contributed by atoms with Crippen LogP contribution in [0.2, 0.25) is 10.0 Å². The Morgan fingerprint density at radius 2 is 2.06 bits per heavy atom. The smallest absolute Gasteiger partial charge is 0.415 e. The van der Waals surface area contributed by atoms with Gasteiger partial charge in [-0.25, -0.2) is 9.78 Å². The molecule has 1 spiro atoms. The van der Waals surface area contributed by atoms with Gasteiger partial charge in [-0.2, -0.15) is 5.26 Å². The van der Waals surface area contributed by atoms with Gasteiger partial charge in [0.25, 0.3) is 0 Å². The normalized spacial score (nSPS) is 23.0. The van der Waals surface area contributed by atoms with Crippen molar-refractivity contribution in [1.29, 1.82) is 5.26 Å². The number of nitriles is 1. The van der Waals surface area contributed by atoms with Crippen LogP contribution in [-0.4, -0.2) is 27.8 Å². The molecule has 0 N–H and O–H groups in total. The van der Waals surface area contributed by atoms with Gasteiger partial charge in [0.1, 0.15) is 5.60 Å². The maximum Gasteiger partial charge on any atom is 0.415 e. The van der Waals surface area contributed by atoms with E-state index in [0.717, 1.165) is 49.7 Å². The Morgan fingerprint density at radius 1 is 1.25 bits per heavy atom. The Labute approximate surface area is 196 Å². The molecule has 0 unspecified atom stereocenters. The first-order valence-corrected chi connectivity index (χ1v) is 11.5. The molecule has 1 saturated heterocycles. The van der Waals surface area contributed by atoms with Crippen molar-refractivity contribution >= 4 is 46.0 Å². The molecule has 1 amide bonds. The Bertz CT molecular complexity index is 1210. The number of ether oxygens (including phenoxy) is 1. The monoisotopic (exact) mass is 468 g/mol. The molecule has 1 aromatic heterocycles. The number of carbonyl (C=O) groups excluding carboxylic acids is 1. The third-order valence-corrected chi connectivity index (χ3v) is 7.22. The number of imidazole rings is 1. The number of aromatic nitrogens is 2. The van der Waals surface area contributed by atoms with E-state index < -0.39 is 5.60 Å². The van der Waals surface area contributed by atoms with E-state index in [-0.39, 0.29) is 6.09 Å². The van der Waals surface area contributed by atoms with Gasteiger partial charge in [-0.1, -0.05) is 35.7 Å². The average molecular weight is 469 g/mol. The van der Waals surface area contributed by atoms with Crippen molar-refractivity contribution in [2.75, 3.05) is 11.4 Å². The molecule has 2 aliphatic rings. The van der Waals surface area contributed by atoms with Gasteiger partial charge in [0.05, 0.1) is 51.3 Å². The van der Waals surface area contributed by atoms with Gasteiger partial charge in [0.2, 0.25) is 0 Å². The van der Waals surface area contributed by atoms with Gasteiger partial charge in [-0.05, 0) is 61.9 Å². The number of hydrogen-bond donors (Lipinski definition) is 0. The van der Waals surface area contributed by atoms with Crippen LogP contribution >= 0.6 is 23.2 Å². The summed E-state index contributed by atoms with van der Waals surface area (Å²) in [5, 5.41) is 10.1. The van der Waals surface area contributed by atoms with Crippen molar-refractivity contribution < 1.29 is 9.53 Å². The molecule has 3 aromatic rings. The summed E-state index contributed by atoms with van der Waals surface area (Å²) in [5.74, 6) is 0.426. The summed E-state index contributed by atoms with van der Waals surface area (Å²) >= 11 is 12.7. The molecule has 1 aliphatic heterocycles. The molecule has 0 radical (unpaired) electrons. The lowest BCUT2D eigenvalue weighted by Gasteiger charge is -2.36. The molecule has 164 valence electrons. The zero-order valence-electron chi connectivity index (χ0n) is 17.4. The van der Waals surface area contributed by atoms with Crippen LogP contribution in [0.25, 0.3) is 11.0 Å². The third-order valence-electron chi connectivity index (χ3n) is 6.61. The summed E-state index contributed by atoms with van der Waals surface area (Å²) in [6.45, 7) is 1.27. The van der Waals surface area contributed by atoms with Crippen LogP contribution in [0.1, 0.15) is 37.7 Å². The van der Waals surface area contributed by atoms with E-state index in [1.54, 1.807) is 29.2 Å². The van der Waals surface area contributed by atoms with E-state index in [9.17, 15) is 10.1 Å². The van der Waals surface area contributed by atoms with Crippen molar-refractivity contribution in [2.45, 2.75) is 44.2 Å². The molecule has 2 atom stereocenters. The van der Waals surface area contributed by atoms with Crippen LogP contribution in [0, 0.1) is 17.2 Å². The summed E-state index contributed by atoms with van der Waals surface area (Å²) < 4.78 is 8.05. The fraction of sp³-hybridized carbons (Fsp3) is 0.375. The van der Waals surface area contributed by atoms with Crippen molar-refractivity contribution in [3.05, 3.63) is 58.3 Å². The van der Waals surface area contributed by atoms with Crippen LogP contribution in [0.3, 0.4) is 0 Å². The van der Waals surface area contributed by atoms with Gasteiger partial charge >= 0.3 is 6.09 Å². The molecule has 32 heavy (non-hydrogen) atoms. The maximum atomic E-state index is 12.8.